The van der Waals surface area contributed by atoms with Gasteiger partial charge in [0.1, 0.15) is 0 Å². The number of aryl methyl sites for hydroxylation is 2. The van der Waals surface area contributed by atoms with Crippen LogP contribution in [-0.2, 0) is 14.1 Å². The molecule has 1 aromatic carbocycles. The van der Waals surface area contributed by atoms with Gasteiger partial charge in [-0.25, -0.2) is 4.79 Å². The van der Waals surface area contributed by atoms with Crippen molar-refractivity contribution in [2.45, 2.75) is 46.5 Å². The van der Waals surface area contributed by atoms with Crippen LogP contribution in [0, 0.1) is 5.41 Å². The Kier molecular flexibility index (Phi) is 4.59. The largest absolute Gasteiger partial charge is 0.328 e. The smallest absolute Gasteiger partial charge is 0.295 e. The number of hydrogen-bond acceptors (Lipinski definition) is 2. The lowest BCUT2D eigenvalue weighted by Gasteiger charge is -2.17. The second-order valence-corrected chi connectivity index (χ2v) is 7.30. The highest BCUT2D eigenvalue weighted by Gasteiger charge is 2.13. The summed E-state index contributed by atoms with van der Waals surface area (Å²) in [4.78, 5) is 24.2. The van der Waals surface area contributed by atoms with Crippen LogP contribution in [0.2, 0.25) is 0 Å². The molecule has 2 rings (SSSR count). The van der Waals surface area contributed by atoms with Gasteiger partial charge in [-0.05, 0) is 36.5 Å². The molecule has 0 atom stereocenters. The maximum atomic E-state index is 12.3. The Bertz CT molecular complexity index is 745. The van der Waals surface area contributed by atoms with Gasteiger partial charge in [0, 0.05) is 26.1 Å². The van der Waals surface area contributed by atoms with Gasteiger partial charge < -0.3 is 0 Å². The van der Waals surface area contributed by atoms with Crippen molar-refractivity contribution in [3.63, 3.8) is 0 Å². The van der Waals surface area contributed by atoms with Crippen LogP contribution in [-0.4, -0.2) is 14.9 Å². The van der Waals surface area contributed by atoms with Gasteiger partial charge >= 0.3 is 5.69 Å². The Morgan fingerprint density at radius 1 is 1.05 bits per heavy atom. The average molecular weight is 302 g/mol. The monoisotopic (exact) mass is 302 g/mol. The third-order valence-corrected chi connectivity index (χ3v) is 4.17. The molecule has 0 aliphatic carbocycles. The Labute approximate surface area is 131 Å². The number of Topliss-reactive ketones (excluding diaryl/α,β-unsaturated/α-hetero) is 1. The van der Waals surface area contributed by atoms with Gasteiger partial charge in [0.2, 0.25) is 0 Å². The molecular formula is C18H26N2O2. The first-order chi connectivity index (χ1) is 10.2. The molecule has 120 valence electrons. The maximum absolute atomic E-state index is 12.3. The summed E-state index contributed by atoms with van der Waals surface area (Å²) < 4.78 is 3.19. The second-order valence-electron chi connectivity index (χ2n) is 7.30. The van der Waals surface area contributed by atoms with Crippen molar-refractivity contribution in [3.05, 3.63) is 34.2 Å². The fourth-order valence-corrected chi connectivity index (χ4v) is 2.77. The number of unbranched alkanes of at least 4 members (excludes halogenated alkanes) is 1. The molecule has 0 saturated carbocycles. The van der Waals surface area contributed by atoms with Crippen LogP contribution in [0.3, 0.4) is 0 Å². The number of carbonyl (C=O) groups is 1. The first kappa shape index (κ1) is 16.5. The van der Waals surface area contributed by atoms with E-state index in [4.69, 9.17) is 0 Å². The molecule has 4 heteroatoms. The minimum absolute atomic E-state index is 0.0650. The van der Waals surface area contributed by atoms with E-state index in [-0.39, 0.29) is 11.5 Å². The standard InChI is InChI=1S/C18H26N2O2/c1-18(2,3)11-7-6-8-16(21)13-9-10-14-15(12-13)20(5)17(22)19(14)4/h9-10,12H,6-8,11H2,1-5H3. The van der Waals surface area contributed by atoms with Crippen LogP contribution < -0.4 is 5.69 Å². The van der Waals surface area contributed by atoms with Crippen LogP contribution in [0.5, 0.6) is 0 Å². The van der Waals surface area contributed by atoms with E-state index in [9.17, 15) is 9.59 Å². The molecule has 1 aromatic heterocycles. The van der Waals surface area contributed by atoms with E-state index in [0.717, 1.165) is 30.3 Å². The number of nitrogens with zero attached hydrogens (tertiary/aromatic N) is 2. The van der Waals surface area contributed by atoms with E-state index in [1.165, 1.54) is 0 Å². The third kappa shape index (κ3) is 3.49. The zero-order valence-corrected chi connectivity index (χ0v) is 14.3. The van der Waals surface area contributed by atoms with E-state index in [1.807, 2.05) is 18.2 Å². The highest BCUT2D eigenvalue weighted by molar-refractivity contribution is 5.98. The van der Waals surface area contributed by atoms with Gasteiger partial charge in [0.25, 0.3) is 0 Å². The van der Waals surface area contributed by atoms with Crippen molar-refractivity contribution in [2.75, 3.05) is 0 Å². The summed E-state index contributed by atoms with van der Waals surface area (Å²) in [6, 6.07) is 5.52. The summed E-state index contributed by atoms with van der Waals surface area (Å²) in [6.45, 7) is 6.66. The molecule has 0 saturated heterocycles. The lowest BCUT2D eigenvalue weighted by Crippen LogP contribution is -2.19. The maximum Gasteiger partial charge on any atom is 0.328 e. The van der Waals surface area contributed by atoms with Gasteiger partial charge in [-0.2, -0.15) is 0 Å². The fourth-order valence-electron chi connectivity index (χ4n) is 2.77. The van der Waals surface area contributed by atoms with Gasteiger partial charge in [-0.3, -0.25) is 13.9 Å². The lowest BCUT2D eigenvalue weighted by molar-refractivity contribution is 0.0978. The minimum atomic E-state index is -0.0650. The van der Waals surface area contributed by atoms with E-state index >= 15 is 0 Å². The molecule has 0 bridgehead atoms. The molecule has 0 fully saturated rings. The van der Waals surface area contributed by atoms with Gasteiger partial charge in [0.05, 0.1) is 11.0 Å². The van der Waals surface area contributed by atoms with E-state index in [1.54, 1.807) is 23.2 Å². The van der Waals surface area contributed by atoms with Gasteiger partial charge in [0.15, 0.2) is 5.78 Å². The molecule has 0 N–H and O–H groups in total. The van der Waals surface area contributed by atoms with Crippen LogP contribution >= 0.6 is 0 Å². The normalized spacial score (nSPS) is 12.0. The first-order valence-electron chi connectivity index (χ1n) is 7.89. The molecule has 2 aromatic rings. The number of fused-ring (bicyclic) bond motifs is 1. The van der Waals surface area contributed by atoms with Crippen LogP contribution in [0.25, 0.3) is 11.0 Å². The fraction of sp³-hybridized carbons (Fsp3) is 0.556. The number of imidazole rings is 1. The van der Waals surface area contributed by atoms with Gasteiger partial charge in [-0.15, -0.1) is 0 Å². The number of rotatable bonds is 5. The molecule has 0 aliphatic heterocycles. The highest BCUT2D eigenvalue weighted by atomic mass is 16.1. The van der Waals surface area contributed by atoms with E-state index < -0.39 is 0 Å². The number of hydrogen-bond donors (Lipinski definition) is 0. The number of ketones is 1. The van der Waals surface area contributed by atoms with Gasteiger partial charge in [-0.1, -0.05) is 27.2 Å². The Hall–Kier alpha value is -1.84. The Morgan fingerprint density at radius 3 is 2.32 bits per heavy atom. The topological polar surface area (TPSA) is 44.0 Å². The van der Waals surface area contributed by atoms with E-state index in [2.05, 4.69) is 20.8 Å². The SMILES string of the molecule is Cn1c(=O)n(C)c2cc(C(=O)CCCCC(C)(C)C)ccc21. The molecule has 1 heterocycles. The number of benzene rings is 1. The summed E-state index contributed by atoms with van der Waals surface area (Å²) in [7, 11) is 3.49. The molecule has 0 unspecified atom stereocenters. The molecule has 0 amide bonds. The molecule has 0 aliphatic rings. The van der Waals surface area contributed by atoms with Crippen molar-refractivity contribution in [1.29, 1.82) is 0 Å². The van der Waals surface area contributed by atoms with Crippen molar-refractivity contribution in [1.82, 2.24) is 9.13 Å². The van der Waals surface area contributed by atoms with E-state index in [0.29, 0.717) is 17.4 Å². The molecular weight excluding hydrogens is 276 g/mol. The van der Waals surface area contributed by atoms with Crippen LogP contribution in [0.1, 0.15) is 56.8 Å². The molecule has 4 nitrogen and oxygen atoms in total. The summed E-state index contributed by atoms with van der Waals surface area (Å²) in [5, 5.41) is 0. The summed E-state index contributed by atoms with van der Waals surface area (Å²) in [5.74, 6) is 0.159. The predicted molar refractivity (Wildman–Crippen MR) is 90.4 cm³/mol. The second kappa shape index (κ2) is 6.11. The highest BCUT2D eigenvalue weighted by Crippen LogP contribution is 2.23. The minimum Gasteiger partial charge on any atom is -0.295 e. The number of aromatic nitrogens is 2. The zero-order chi connectivity index (χ0) is 16.5. The summed E-state index contributed by atoms with van der Waals surface area (Å²) in [5.41, 5.74) is 2.63. The van der Waals surface area contributed by atoms with Crippen molar-refractivity contribution < 1.29 is 4.79 Å². The van der Waals surface area contributed by atoms with Crippen molar-refractivity contribution in [3.8, 4) is 0 Å². The molecule has 0 spiro atoms. The third-order valence-electron chi connectivity index (χ3n) is 4.17. The van der Waals surface area contributed by atoms with Crippen molar-refractivity contribution in [2.24, 2.45) is 19.5 Å². The molecule has 0 radical (unpaired) electrons. The first-order valence-corrected chi connectivity index (χ1v) is 7.89. The molecule has 22 heavy (non-hydrogen) atoms. The summed E-state index contributed by atoms with van der Waals surface area (Å²) in [6.07, 6.45) is 3.69. The number of carbonyl (C=O) groups excluding carboxylic acids is 1. The Balaban J connectivity index is 2.09. The van der Waals surface area contributed by atoms with Crippen LogP contribution in [0.4, 0.5) is 0 Å². The average Bonchev–Trinajstić information content (AvgIpc) is 2.67. The predicted octanol–water partition coefficient (Wildman–Crippen LogP) is 3.67. The lowest BCUT2D eigenvalue weighted by atomic mass is 9.89. The van der Waals surface area contributed by atoms with Crippen molar-refractivity contribution >= 4 is 16.8 Å². The quantitative estimate of drug-likeness (QED) is 0.625. The Morgan fingerprint density at radius 2 is 1.68 bits per heavy atom. The zero-order valence-electron chi connectivity index (χ0n) is 14.3. The summed E-state index contributed by atoms with van der Waals surface area (Å²) >= 11 is 0. The van der Waals surface area contributed by atoms with Crippen LogP contribution in [0.15, 0.2) is 23.0 Å².